The van der Waals surface area contributed by atoms with Gasteiger partial charge < -0.3 is 19.5 Å². The van der Waals surface area contributed by atoms with E-state index in [-0.39, 0.29) is 12.5 Å². The van der Waals surface area contributed by atoms with Crippen LogP contribution in [0.5, 0.6) is 17.2 Å². The lowest BCUT2D eigenvalue weighted by atomic mass is 10.3. The predicted molar refractivity (Wildman–Crippen MR) is 97.6 cm³/mol. The van der Waals surface area contributed by atoms with E-state index >= 15 is 0 Å². The first kappa shape index (κ1) is 18.6. The van der Waals surface area contributed by atoms with E-state index in [0.29, 0.717) is 24.6 Å². The van der Waals surface area contributed by atoms with E-state index in [1.165, 1.54) is 0 Å². The molecule has 0 spiro atoms. The highest BCUT2D eigenvalue weighted by molar-refractivity contribution is 5.92. The zero-order valence-electron chi connectivity index (χ0n) is 14.8. The van der Waals surface area contributed by atoms with Crippen molar-refractivity contribution in [2.45, 2.75) is 0 Å². The maximum Gasteiger partial charge on any atom is 0.238 e. The molecular formula is C19H24N2O4. The van der Waals surface area contributed by atoms with Crippen molar-refractivity contribution in [1.82, 2.24) is 4.90 Å². The Balaban J connectivity index is 1.71. The molecule has 0 radical (unpaired) electrons. The fourth-order valence-corrected chi connectivity index (χ4v) is 2.22. The molecule has 0 aliphatic carbocycles. The SMILES string of the molecule is COc1ccc(OCCN(C)CC(=O)Nc2cccc(OC)c2)cc1. The van der Waals surface area contributed by atoms with Crippen LogP contribution in [0, 0.1) is 0 Å². The summed E-state index contributed by atoms with van der Waals surface area (Å²) < 4.78 is 15.9. The summed E-state index contributed by atoms with van der Waals surface area (Å²) in [4.78, 5) is 14.0. The molecule has 0 aliphatic heterocycles. The van der Waals surface area contributed by atoms with E-state index in [1.54, 1.807) is 20.3 Å². The number of hydrogen-bond donors (Lipinski definition) is 1. The quantitative estimate of drug-likeness (QED) is 0.758. The summed E-state index contributed by atoms with van der Waals surface area (Å²) in [6.45, 7) is 1.41. The summed E-state index contributed by atoms with van der Waals surface area (Å²) in [5.41, 5.74) is 0.715. The number of carbonyl (C=O) groups excluding carboxylic acids is 1. The number of anilines is 1. The fraction of sp³-hybridized carbons (Fsp3) is 0.316. The predicted octanol–water partition coefficient (Wildman–Crippen LogP) is 2.65. The highest BCUT2D eigenvalue weighted by atomic mass is 16.5. The van der Waals surface area contributed by atoms with Crippen molar-refractivity contribution in [1.29, 1.82) is 0 Å². The van der Waals surface area contributed by atoms with Gasteiger partial charge in [0.1, 0.15) is 23.9 Å². The van der Waals surface area contributed by atoms with Gasteiger partial charge in [0.25, 0.3) is 0 Å². The summed E-state index contributed by atoms with van der Waals surface area (Å²) >= 11 is 0. The topological polar surface area (TPSA) is 60.0 Å². The molecule has 134 valence electrons. The lowest BCUT2D eigenvalue weighted by Gasteiger charge is -2.17. The summed E-state index contributed by atoms with van der Waals surface area (Å²) in [5.74, 6) is 2.19. The Bertz CT molecular complexity index is 673. The van der Waals surface area contributed by atoms with Crippen LogP contribution in [-0.2, 0) is 4.79 Å². The molecule has 0 unspecified atom stereocenters. The Labute approximate surface area is 148 Å². The van der Waals surface area contributed by atoms with Crippen LogP contribution in [0.3, 0.4) is 0 Å². The molecule has 0 saturated heterocycles. The van der Waals surface area contributed by atoms with Crippen LogP contribution >= 0.6 is 0 Å². The van der Waals surface area contributed by atoms with Gasteiger partial charge in [-0.1, -0.05) is 6.07 Å². The Kier molecular flexibility index (Phi) is 7.10. The first-order valence-electron chi connectivity index (χ1n) is 8.00. The summed E-state index contributed by atoms with van der Waals surface area (Å²) in [6, 6.07) is 14.7. The number of nitrogens with zero attached hydrogens (tertiary/aromatic N) is 1. The van der Waals surface area contributed by atoms with Crippen molar-refractivity contribution in [3.8, 4) is 17.2 Å². The van der Waals surface area contributed by atoms with Crippen molar-refractivity contribution in [2.24, 2.45) is 0 Å². The maximum absolute atomic E-state index is 12.1. The number of hydrogen-bond acceptors (Lipinski definition) is 5. The number of carbonyl (C=O) groups is 1. The fourth-order valence-electron chi connectivity index (χ4n) is 2.22. The van der Waals surface area contributed by atoms with Crippen LogP contribution in [0.2, 0.25) is 0 Å². The molecule has 1 amide bonds. The van der Waals surface area contributed by atoms with Gasteiger partial charge in [0, 0.05) is 18.3 Å². The minimum Gasteiger partial charge on any atom is -0.497 e. The number of amides is 1. The number of methoxy groups -OCH3 is 2. The van der Waals surface area contributed by atoms with Gasteiger partial charge in [-0.25, -0.2) is 0 Å². The second kappa shape index (κ2) is 9.54. The van der Waals surface area contributed by atoms with Gasteiger partial charge in [-0.15, -0.1) is 0 Å². The largest absolute Gasteiger partial charge is 0.497 e. The molecule has 0 saturated carbocycles. The lowest BCUT2D eigenvalue weighted by molar-refractivity contribution is -0.117. The van der Waals surface area contributed by atoms with Gasteiger partial charge in [0.2, 0.25) is 5.91 Å². The zero-order chi connectivity index (χ0) is 18.1. The van der Waals surface area contributed by atoms with E-state index in [1.807, 2.05) is 54.4 Å². The second-order valence-electron chi connectivity index (χ2n) is 5.54. The minimum absolute atomic E-state index is 0.0831. The third kappa shape index (κ3) is 6.35. The van der Waals surface area contributed by atoms with E-state index in [9.17, 15) is 4.79 Å². The van der Waals surface area contributed by atoms with Gasteiger partial charge in [-0.2, -0.15) is 0 Å². The van der Waals surface area contributed by atoms with E-state index < -0.39 is 0 Å². The maximum atomic E-state index is 12.1. The smallest absolute Gasteiger partial charge is 0.238 e. The molecule has 2 aromatic carbocycles. The number of ether oxygens (including phenoxy) is 3. The molecule has 0 fully saturated rings. The first-order valence-corrected chi connectivity index (χ1v) is 8.00. The second-order valence-corrected chi connectivity index (χ2v) is 5.54. The summed E-state index contributed by atoms with van der Waals surface area (Å²) in [5, 5.41) is 2.85. The van der Waals surface area contributed by atoms with Gasteiger partial charge in [-0.3, -0.25) is 9.69 Å². The number of benzene rings is 2. The van der Waals surface area contributed by atoms with Crippen LogP contribution < -0.4 is 19.5 Å². The normalized spacial score (nSPS) is 10.4. The molecule has 6 heteroatoms. The van der Waals surface area contributed by atoms with Crippen LogP contribution in [0.4, 0.5) is 5.69 Å². The van der Waals surface area contributed by atoms with Gasteiger partial charge in [0.05, 0.1) is 20.8 Å². The molecule has 1 N–H and O–H groups in total. The zero-order valence-corrected chi connectivity index (χ0v) is 14.8. The molecular weight excluding hydrogens is 320 g/mol. The molecule has 0 bridgehead atoms. The van der Waals surface area contributed by atoms with Crippen LogP contribution in [0.15, 0.2) is 48.5 Å². The Morgan fingerprint density at radius 1 is 1.00 bits per heavy atom. The van der Waals surface area contributed by atoms with Gasteiger partial charge in [0.15, 0.2) is 0 Å². The van der Waals surface area contributed by atoms with Crippen molar-refractivity contribution < 1.29 is 19.0 Å². The van der Waals surface area contributed by atoms with E-state index in [2.05, 4.69) is 5.32 Å². The Morgan fingerprint density at radius 3 is 2.36 bits per heavy atom. The van der Waals surface area contributed by atoms with Crippen LogP contribution in [-0.4, -0.2) is 51.8 Å². The molecule has 0 aliphatic rings. The van der Waals surface area contributed by atoms with Crippen molar-refractivity contribution >= 4 is 11.6 Å². The molecule has 0 atom stereocenters. The third-order valence-electron chi connectivity index (χ3n) is 3.57. The van der Waals surface area contributed by atoms with Gasteiger partial charge in [-0.05, 0) is 43.4 Å². The third-order valence-corrected chi connectivity index (χ3v) is 3.57. The van der Waals surface area contributed by atoms with Gasteiger partial charge >= 0.3 is 0 Å². The van der Waals surface area contributed by atoms with E-state index in [4.69, 9.17) is 14.2 Å². The molecule has 6 nitrogen and oxygen atoms in total. The molecule has 2 rings (SSSR count). The minimum atomic E-state index is -0.0831. The summed E-state index contributed by atoms with van der Waals surface area (Å²) in [6.07, 6.45) is 0. The Morgan fingerprint density at radius 2 is 1.68 bits per heavy atom. The van der Waals surface area contributed by atoms with Crippen molar-refractivity contribution in [3.05, 3.63) is 48.5 Å². The average molecular weight is 344 g/mol. The van der Waals surface area contributed by atoms with Crippen LogP contribution in [0.1, 0.15) is 0 Å². The average Bonchev–Trinajstić information content (AvgIpc) is 2.62. The number of rotatable bonds is 9. The molecule has 2 aromatic rings. The number of likely N-dealkylation sites (N-methyl/N-ethyl adjacent to an activating group) is 1. The van der Waals surface area contributed by atoms with Crippen molar-refractivity contribution in [3.63, 3.8) is 0 Å². The standard InChI is InChI=1S/C19H24N2O4/c1-21(11-12-25-17-9-7-16(23-2)8-10-17)14-19(22)20-15-5-4-6-18(13-15)24-3/h4-10,13H,11-12,14H2,1-3H3,(H,20,22). The summed E-state index contributed by atoms with van der Waals surface area (Å²) in [7, 11) is 5.10. The lowest BCUT2D eigenvalue weighted by Crippen LogP contribution is -2.33. The molecule has 0 heterocycles. The molecule has 25 heavy (non-hydrogen) atoms. The molecule has 0 aromatic heterocycles. The number of nitrogens with one attached hydrogen (secondary N) is 1. The van der Waals surface area contributed by atoms with E-state index in [0.717, 1.165) is 11.5 Å². The highest BCUT2D eigenvalue weighted by Crippen LogP contribution is 2.17. The Hall–Kier alpha value is -2.73. The monoisotopic (exact) mass is 344 g/mol. The van der Waals surface area contributed by atoms with Crippen molar-refractivity contribution in [2.75, 3.05) is 46.3 Å². The first-order chi connectivity index (χ1) is 12.1. The highest BCUT2D eigenvalue weighted by Gasteiger charge is 2.08. The van der Waals surface area contributed by atoms with Crippen LogP contribution in [0.25, 0.3) is 0 Å².